The molecule has 0 aliphatic heterocycles. The number of rotatable bonds is 5. The van der Waals surface area contributed by atoms with Gasteiger partial charge in [-0.05, 0) is 18.2 Å². The van der Waals surface area contributed by atoms with E-state index in [-0.39, 0.29) is 22.4 Å². The fourth-order valence-corrected chi connectivity index (χ4v) is 1.87. The number of nitriles is 1. The summed E-state index contributed by atoms with van der Waals surface area (Å²) in [5.41, 5.74) is 0.801. The summed E-state index contributed by atoms with van der Waals surface area (Å²) in [7, 11) is 0. The summed E-state index contributed by atoms with van der Waals surface area (Å²) in [6, 6.07) is 6.44. The van der Waals surface area contributed by atoms with Crippen molar-refractivity contribution < 1.29 is 14.7 Å². The van der Waals surface area contributed by atoms with Gasteiger partial charge < -0.3 is 10.4 Å². The van der Waals surface area contributed by atoms with E-state index in [2.05, 4.69) is 5.32 Å². The third-order valence-corrected chi connectivity index (χ3v) is 3.06. The second-order valence-corrected chi connectivity index (χ2v) is 4.63. The van der Waals surface area contributed by atoms with Gasteiger partial charge in [0, 0.05) is 0 Å². The molecule has 7 heteroatoms. The van der Waals surface area contributed by atoms with Gasteiger partial charge >= 0.3 is 5.97 Å². The van der Waals surface area contributed by atoms with Gasteiger partial charge in [0.15, 0.2) is 0 Å². The van der Waals surface area contributed by atoms with E-state index in [1.807, 2.05) is 6.07 Å². The molecule has 0 saturated carbocycles. The van der Waals surface area contributed by atoms with Gasteiger partial charge in [0.05, 0.1) is 33.8 Å². The molecule has 0 radical (unpaired) electrons. The molecule has 0 saturated heterocycles. The zero-order chi connectivity index (χ0) is 13.5. The van der Waals surface area contributed by atoms with Crippen molar-refractivity contribution in [1.29, 1.82) is 5.26 Å². The molecule has 1 aromatic rings. The van der Waals surface area contributed by atoms with Crippen LogP contribution >= 0.6 is 23.4 Å². The third-order valence-electron chi connectivity index (χ3n) is 1.83. The second-order valence-electron chi connectivity index (χ2n) is 3.24. The highest BCUT2D eigenvalue weighted by Gasteiger charge is 2.07. The number of amides is 1. The van der Waals surface area contributed by atoms with E-state index in [1.54, 1.807) is 0 Å². The van der Waals surface area contributed by atoms with Crippen LogP contribution in [-0.2, 0) is 9.59 Å². The molecule has 0 atom stereocenters. The Morgan fingerprint density at radius 1 is 1.44 bits per heavy atom. The van der Waals surface area contributed by atoms with Gasteiger partial charge in [0.25, 0.3) is 0 Å². The van der Waals surface area contributed by atoms with E-state index in [9.17, 15) is 9.59 Å². The van der Waals surface area contributed by atoms with Crippen LogP contribution in [0.1, 0.15) is 5.56 Å². The number of thioether (sulfide) groups is 1. The van der Waals surface area contributed by atoms with E-state index < -0.39 is 5.97 Å². The van der Waals surface area contributed by atoms with E-state index in [0.717, 1.165) is 11.8 Å². The van der Waals surface area contributed by atoms with Gasteiger partial charge in [0.1, 0.15) is 0 Å². The Morgan fingerprint density at radius 3 is 2.72 bits per heavy atom. The largest absolute Gasteiger partial charge is 0.481 e. The lowest BCUT2D eigenvalue weighted by molar-refractivity contribution is -0.133. The summed E-state index contributed by atoms with van der Waals surface area (Å²) in [4.78, 5) is 21.7. The van der Waals surface area contributed by atoms with Gasteiger partial charge in [-0.2, -0.15) is 5.26 Å². The standard InChI is InChI=1S/C11H9ClN2O3S/c12-8-3-7(4-13)1-2-9(8)14-10(15)5-18-6-11(16)17/h1-3H,5-6H2,(H,14,15)(H,16,17). The second kappa shape index (κ2) is 6.89. The number of hydrogen-bond acceptors (Lipinski definition) is 4. The number of hydrogen-bond donors (Lipinski definition) is 2. The Bertz CT molecular complexity index is 514. The van der Waals surface area contributed by atoms with Crippen molar-refractivity contribution in [3.05, 3.63) is 28.8 Å². The zero-order valence-electron chi connectivity index (χ0n) is 9.14. The minimum atomic E-state index is -0.968. The Balaban J connectivity index is 2.54. The molecule has 2 N–H and O–H groups in total. The van der Waals surface area contributed by atoms with Crippen molar-refractivity contribution in [3.63, 3.8) is 0 Å². The van der Waals surface area contributed by atoms with E-state index in [0.29, 0.717) is 11.3 Å². The normalized spacial score (nSPS) is 9.56. The van der Waals surface area contributed by atoms with Gasteiger partial charge in [-0.3, -0.25) is 9.59 Å². The van der Waals surface area contributed by atoms with Crippen LogP contribution in [0.4, 0.5) is 5.69 Å². The lowest BCUT2D eigenvalue weighted by Crippen LogP contribution is -2.15. The maximum atomic E-state index is 11.5. The first-order valence-electron chi connectivity index (χ1n) is 4.82. The van der Waals surface area contributed by atoms with Crippen LogP contribution in [-0.4, -0.2) is 28.5 Å². The number of carbonyl (C=O) groups is 2. The Kier molecular flexibility index (Phi) is 5.49. The molecule has 0 heterocycles. The highest BCUT2D eigenvalue weighted by atomic mass is 35.5. The summed E-state index contributed by atoms with van der Waals surface area (Å²) in [5.74, 6) is -1.41. The van der Waals surface area contributed by atoms with Crippen molar-refractivity contribution in [2.45, 2.75) is 0 Å². The molecule has 18 heavy (non-hydrogen) atoms. The van der Waals surface area contributed by atoms with E-state index >= 15 is 0 Å². The topological polar surface area (TPSA) is 90.2 Å². The Hall–Kier alpha value is -1.71. The maximum Gasteiger partial charge on any atom is 0.313 e. The quantitative estimate of drug-likeness (QED) is 0.863. The van der Waals surface area contributed by atoms with Crippen LogP contribution in [0.3, 0.4) is 0 Å². The molecule has 0 bridgehead atoms. The summed E-state index contributed by atoms with van der Waals surface area (Å²) >= 11 is 6.87. The van der Waals surface area contributed by atoms with E-state index in [4.69, 9.17) is 22.0 Å². The summed E-state index contributed by atoms with van der Waals surface area (Å²) in [5, 5.41) is 19.9. The molecule has 0 spiro atoms. The van der Waals surface area contributed by atoms with Gasteiger partial charge in [-0.15, -0.1) is 11.8 Å². The highest BCUT2D eigenvalue weighted by molar-refractivity contribution is 8.00. The fraction of sp³-hybridized carbons (Fsp3) is 0.182. The first kappa shape index (κ1) is 14.4. The number of carbonyl (C=O) groups excluding carboxylic acids is 1. The molecule has 94 valence electrons. The van der Waals surface area contributed by atoms with Crippen molar-refractivity contribution in [2.75, 3.05) is 16.8 Å². The SMILES string of the molecule is N#Cc1ccc(NC(=O)CSCC(=O)O)c(Cl)c1. The molecule has 5 nitrogen and oxygen atoms in total. The molecule has 0 unspecified atom stereocenters. The molecule has 0 aromatic heterocycles. The number of nitrogens with zero attached hydrogens (tertiary/aromatic N) is 1. The number of carboxylic acids is 1. The van der Waals surface area contributed by atoms with Crippen molar-refractivity contribution in [1.82, 2.24) is 0 Å². The first-order chi connectivity index (χ1) is 8.52. The molecule has 1 rings (SSSR count). The molecular weight excluding hydrogens is 276 g/mol. The smallest absolute Gasteiger partial charge is 0.313 e. The Morgan fingerprint density at radius 2 is 2.17 bits per heavy atom. The minimum absolute atomic E-state index is 0.0304. The number of halogens is 1. The van der Waals surface area contributed by atoms with Crippen LogP contribution in [0, 0.1) is 11.3 Å². The van der Waals surface area contributed by atoms with Crippen molar-refractivity contribution >= 4 is 40.9 Å². The monoisotopic (exact) mass is 284 g/mol. The predicted molar refractivity (Wildman–Crippen MR) is 69.8 cm³/mol. The van der Waals surface area contributed by atoms with Gasteiger partial charge in [-0.1, -0.05) is 11.6 Å². The minimum Gasteiger partial charge on any atom is -0.481 e. The molecular formula is C11H9ClN2O3S. The number of nitrogens with one attached hydrogen (secondary N) is 1. The van der Waals surface area contributed by atoms with Crippen LogP contribution in [0.5, 0.6) is 0 Å². The average Bonchev–Trinajstić information content (AvgIpc) is 2.31. The summed E-state index contributed by atoms with van der Waals surface area (Å²) in [6.45, 7) is 0. The molecule has 0 aliphatic rings. The maximum absolute atomic E-state index is 11.5. The van der Waals surface area contributed by atoms with Crippen LogP contribution in [0.2, 0.25) is 5.02 Å². The Labute approximate surface area is 113 Å². The average molecular weight is 285 g/mol. The number of carboxylic acid groups (broad SMARTS) is 1. The lowest BCUT2D eigenvalue weighted by Gasteiger charge is -2.06. The highest BCUT2D eigenvalue weighted by Crippen LogP contribution is 2.22. The van der Waals surface area contributed by atoms with Crippen molar-refractivity contribution in [3.8, 4) is 6.07 Å². The van der Waals surface area contributed by atoms with Crippen LogP contribution in [0.25, 0.3) is 0 Å². The molecule has 1 aromatic carbocycles. The van der Waals surface area contributed by atoms with Crippen LogP contribution < -0.4 is 5.32 Å². The summed E-state index contributed by atoms with van der Waals surface area (Å²) in [6.07, 6.45) is 0. The zero-order valence-corrected chi connectivity index (χ0v) is 10.7. The predicted octanol–water partition coefficient (Wildman–Crippen LogP) is 1.97. The van der Waals surface area contributed by atoms with Gasteiger partial charge in [0.2, 0.25) is 5.91 Å². The van der Waals surface area contributed by atoms with Gasteiger partial charge in [-0.25, -0.2) is 0 Å². The van der Waals surface area contributed by atoms with Crippen molar-refractivity contribution in [2.24, 2.45) is 0 Å². The first-order valence-corrected chi connectivity index (χ1v) is 6.35. The third kappa shape index (κ3) is 4.65. The molecule has 0 fully saturated rings. The molecule has 0 aliphatic carbocycles. The molecule has 1 amide bonds. The fourth-order valence-electron chi connectivity index (χ4n) is 1.10. The lowest BCUT2D eigenvalue weighted by atomic mass is 10.2. The van der Waals surface area contributed by atoms with Crippen LogP contribution in [0.15, 0.2) is 18.2 Å². The number of aliphatic carboxylic acids is 1. The number of anilines is 1. The van der Waals surface area contributed by atoms with E-state index in [1.165, 1.54) is 18.2 Å². The summed E-state index contributed by atoms with van der Waals surface area (Å²) < 4.78 is 0. The number of benzene rings is 1.